The number of aromatic carboxylic acids is 1. The van der Waals surface area contributed by atoms with E-state index in [-0.39, 0.29) is 5.69 Å². The molecule has 1 aromatic heterocycles. The van der Waals surface area contributed by atoms with E-state index in [4.69, 9.17) is 0 Å². The lowest BCUT2D eigenvalue weighted by Crippen LogP contribution is -1.98. The molecule has 0 saturated heterocycles. The van der Waals surface area contributed by atoms with Crippen LogP contribution in [-0.4, -0.2) is 22.0 Å². The van der Waals surface area contributed by atoms with Gasteiger partial charge < -0.3 is 10.1 Å². The highest BCUT2D eigenvalue weighted by Gasteiger charge is 2.18. The van der Waals surface area contributed by atoms with Gasteiger partial charge in [0.25, 0.3) is 0 Å². The van der Waals surface area contributed by atoms with Gasteiger partial charge in [-0.05, 0) is 35.8 Å². The van der Waals surface area contributed by atoms with Crippen molar-refractivity contribution in [1.82, 2.24) is 4.98 Å². The first-order valence-electron chi connectivity index (χ1n) is 6.58. The Morgan fingerprint density at radius 2 is 2.19 bits per heavy atom. The number of aromatic amines is 1. The molecule has 1 aliphatic rings. The van der Waals surface area contributed by atoms with Crippen molar-refractivity contribution in [1.29, 1.82) is 0 Å². The fourth-order valence-electron chi connectivity index (χ4n) is 2.75. The Bertz CT molecular complexity index is 862. The molecule has 0 fully saturated rings. The molecule has 2 N–H and O–H groups in total. The van der Waals surface area contributed by atoms with Crippen LogP contribution in [0, 0.1) is 6.92 Å². The third kappa shape index (κ3) is 2.12. The molecule has 0 spiro atoms. The van der Waals surface area contributed by atoms with Crippen LogP contribution in [0.4, 0.5) is 0 Å². The Hall–Kier alpha value is -2.84. The van der Waals surface area contributed by atoms with Crippen molar-refractivity contribution >= 4 is 28.4 Å². The number of hydrogen-bond acceptors (Lipinski definition) is 2. The molecule has 1 aromatic carbocycles. The van der Waals surface area contributed by atoms with E-state index >= 15 is 0 Å². The maximum Gasteiger partial charge on any atom is 0.352 e. The third-order valence-corrected chi connectivity index (χ3v) is 3.74. The minimum Gasteiger partial charge on any atom is -0.477 e. The van der Waals surface area contributed by atoms with E-state index in [0.29, 0.717) is 17.6 Å². The number of aromatic nitrogens is 1. The SMILES string of the molecule is Cc1c(C(=O)O)[nH]c2cccc(C3=CC=CC(=C=O)C3)c12. The van der Waals surface area contributed by atoms with E-state index in [9.17, 15) is 14.7 Å². The van der Waals surface area contributed by atoms with Crippen LogP contribution in [-0.2, 0) is 4.79 Å². The minimum atomic E-state index is -0.972. The zero-order chi connectivity index (χ0) is 15.0. The van der Waals surface area contributed by atoms with Gasteiger partial charge in [-0.2, -0.15) is 0 Å². The van der Waals surface area contributed by atoms with Gasteiger partial charge in [-0.3, -0.25) is 0 Å². The summed E-state index contributed by atoms with van der Waals surface area (Å²) >= 11 is 0. The Kier molecular flexibility index (Phi) is 3.09. The van der Waals surface area contributed by atoms with Crippen molar-refractivity contribution in [3.63, 3.8) is 0 Å². The zero-order valence-corrected chi connectivity index (χ0v) is 11.4. The average Bonchev–Trinajstić information content (AvgIpc) is 2.85. The predicted molar refractivity (Wildman–Crippen MR) is 80.9 cm³/mol. The molecule has 0 aliphatic heterocycles. The smallest absolute Gasteiger partial charge is 0.352 e. The van der Waals surface area contributed by atoms with E-state index in [1.165, 1.54) is 0 Å². The molecule has 104 valence electrons. The number of carbonyl (C=O) groups is 1. The Morgan fingerprint density at radius 3 is 2.90 bits per heavy atom. The molecule has 0 saturated carbocycles. The number of hydrogen-bond donors (Lipinski definition) is 2. The fraction of sp³-hybridized carbons (Fsp3) is 0.118. The number of carboxylic acids is 1. The lowest BCUT2D eigenvalue weighted by molar-refractivity contribution is 0.0691. The van der Waals surface area contributed by atoms with Crippen LogP contribution < -0.4 is 0 Å². The minimum absolute atomic E-state index is 0.204. The monoisotopic (exact) mass is 279 g/mol. The number of rotatable bonds is 2. The van der Waals surface area contributed by atoms with Gasteiger partial charge in [0.15, 0.2) is 0 Å². The summed E-state index contributed by atoms with van der Waals surface area (Å²) in [5, 5.41) is 10.1. The third-order valence-electron chi connectivity index (χ3n) is 3.74. The first-order valence-corrected chi connectivity index (χ1v) is 6.58. The second kappa shape index (κ2) is 4.93. The van der Waals surface area contributed by atoms with Crippen LogP contribution in [0.25, 0.3) is 16.5 Å². The van der Waals surface area contributed by atoms with Gasteiger partial charge in [0.2, 0.25) is 0 Å². The number of allylic oxidation sites excluding steroid dienone is 5. The lowest BCUT2D eigenvalue weighted by Gasteiger charge is -2.12. The summed E-state index contributed by atoms with van der Waals surface area (Å²) in [4.78, 5) is 25.0. The average molecular weight is 279 g/mol. The van der Waals surface area contributed by atoms with Gasteiger partial charge >= 0.3 is 5.97 Å². The van der Waals surface area contributed by atoms with E-state index in [1.807, 2.05) is 36.3 Å². The highest BCUT2D eigenvalue weighted by molar-refractivity contribution is 6.02. The summed E-state index contributed by atoms with van der Waals surface area (Å²) in [6.07, 6.45) is 6.01. The molecule has 4 nitrogen and oxygen atoms in total. The van der Waals surface area contributed by atoms with Gasteiger partial charge in [-0.1, -0.05) is 24.3 Å². The molecule has 0 amide bonds. The normalized spacial score (nSPS) is 14.1. The Morgan fingerprint density at radius 1 is 1.38 bits per heavy atom. The summed E-state index contributed by atoms with van der Waals surface area (Å²) in [6.45, 7) is 1.79. The van der Waals surface area contributed by atoms with Crippen molar-refractivity contribution < 1.29 is 14.7 Å². The van der Waals surface area contributed by atoms with Crippen molar-refractivity contribution in [3.8, 4) is 0 Å². The van der Waals surface area contributed by atoms with Gasteiger partial charge in [0.05, 0.1) is 0 Å². The van der Waals surface area contributed by atoms with Gasteiger partial charge in [0.1, 0.15) is 11.6 Å². The van der Waals surface area contributed by atoms with Crippen LogP contribution in [0.5, 0.6) is 0 Å². The number of fused-ring (bicyclic) bond motifs is 1. The summed E-state index contributed by atoms with van der Waals surface area (Å²) < 4.78 is 0. The number of benzene rings is 1. The molecule has 0 radical (unpaired) electrons. The van der Waals surface area contributed by atoms with Gasteiger partial charge in [-0.15, -0.1) is 0 Å². The molecule has 1 aliphatic carbocycles. The zero-order valence-electron chi connectivity index (χ0n) is 11.4. The number of aryl methyl sites for hydroxylation is 1. The molecule has 2 aromatic rings. The summed E-state index contributed by atoms with van der Waals surface area (Å²) in [5.41, 5.74) is 4.23. The Balaban J connectivity index is 2.24. The largest absolute Gasteiger partial charge is 0.477 e. The molecular formula is C17H13NO3. The van der Waals surface area contributed by atoms with Crippen molar-refractivity contribution in [2.24, 2.45) is 0 Å². The van der Waals surface area contributed by atoms with E-state index < -0.39 is 5.97 Å². The standard InChI is InChI=1S/C17H13NO3/c1-10-15-13(12-5-2-4-11(8-12)9-19)6-3-7-14(15)18-16(10)17(20)21/h2-7,18H,8H2,1H3,(H,20,21). The Labute approximate surface area is 121 Å². The van der Waals surface area contributed by atoms with E-state index in [0.717, 1.165) is 22.0 Å². The molecule has 4 heteroatoms. The second-order valence-electron chi connectivity index (χ2n) is 5.01. The molecular weight excluding hydrogens is 266 g/mol. The number of nitrogens with one attached hydrogen (secondary N) is 1. The predicted octanol–water partition coefficient (Wildman–Crippen LogP) is 3.28. The second-order valence-corrected chi connectivity index (χ2v) is 5.01. The van der Waals surface area contributed by atoms with E-state index in [1.54, 1.807) is 13.0 Å². The van der Waals surface area contributed by atoms with Crippen molar-refractivity contribution in [2.45, 2.75) is 13.3 Å². The van der Waals surface area contributed by atoms with Gasteiger partial charge in [0, 0.05) is 22.9 Å². The number of carbonyl (C=O) groups excluding carboxylic acids is 1. The van der Waals surface area contributed by atoms with Gasteiger partial charge in [-0.25, -0.2) is 9.59 Å². The maximum atomic E-state index is 11.3. The molecule has 3 rings (SSSR count). The first kappa shape index (κ1) is 13.2. The number of carboxylic acid groups (broad SMARTS) is 1. The quantitative estimate of drug-likeness (QED) is 0.829. The van der Waals surface area contributed by atoms with Crippen LogP contribution in [0.2, 0.25) is 0 Å². The highest BCUT2D eigenvalue weighted by Crippen LogP contribution is 2.34. The molecule has 21 heavy (non-hydrogen) atoms. The number of H-pyrrole nitrogens is 1. The van der Waals surface area contributed by atoms with Crippen LogP contribution in [0.1, 0.15) is 28.0 Å². The van der Waals surface area contributed by atoms with Crippen LogP contribution in [0.15, 0.2) is 42.0 Å². The first-order chi connectivity index (χ1) is 10.1. The highest BCUT2D eigenvalue weighted by atomic mass is 16.4. The maximum absolute atomic E-state index is 11.3. The van der Waals surface area contributed by atoms with Crippen LogP contribution >= 0.6 is 0 Å². The lowest BCUT2D eigenvalue weighted by atomic mass is 9.91. The summed E-state index contributed by atoms with van der Waals surface area (Å²) in [5.74, 6) is 0.955. The van der Waals surface area contributed by atoms with E-state index in [2.05, 4.69) is 4.98 Å². The molecule has 0 unspecified atom stereocenters. The summed E-state index contributed by atoms with van der Waals surface area (Å²) in [6, 6.07) is 5.68. The molecule has 0 bridgehead atoms. The fourth-order valence-corrected chi connectivity index (χ4v) is 2.75. The van der Waals surface area contributed by atoms with Crippen LogP contribution in [0.3, 0.4) is 0 Å². The molecule has 0 atom stereocenters. The van der Waals surface area contributed by atoms with Crippen molar-refractivity contribution in [2.75, 3.05) is 0 Å². The topological polar surface area (TPSA) is 70.2 Å². The molecule has 1 heterocycles. The summed E-state index contributed by atoms with van der Waals surface area (Å²) in [7, 11) is 0. The van der Waals surface area contributed by atoms with Crippen molar-refractivity contribution in [3.05, 3.63) is 58.8 Å².